The number of para-hydroxylation sites is 1. The third-order valence-corrected chi connectivity index (χ3v) is 4.26. The molecule has 4 nitrogen and oxygen atoms in total. The highest BCUT2D eigenvalue weighted by molar-refractivity contribution is 7.91. The van der Waals surface area contributed by atoms with Crippen LogP contribution in [0.2, 0.25) is 0 Å². The molecule has 0 aliphatic rings. The highest BCUT2D eigenvalue weighted by atomic mass is 32.2. The predicted molar refractivity (Wildman–Crippen MR) is 67.7 cm³/mol. The van der Waals surface area contributed by atoms with Crippen LogP contribution in [0.4, 0.5) is 5.69 Å². The van der Waals surface area contributed by atoms with Crippen LogP contribution in [-0.2, 0) is 14.6 Å². The summed E-state index contributed by atoms with van der Waals surface area (Å²) >= 11 is 0. The molecule has 0 saturated carbocycles. The Labute approximate surface area is 102 Å². The Morgan fingerprint density at radius 2 is 1.88 bits per heavy atom. The molecule has 0 heterocycles. The van der Waals surface area contributed by atoms with Crippen molar-refractivity contribution in [3.63, 3.8) is 0 Å². The van der Waals surface area contributed by atoms with Crippen LogP contribution in [0.25, 0.3) is 0 Å². The number of carbonyl (C=O) groups excluding carboxylic acids is 1. The van der Waals surface area contributed by atoms with Crippen LogP contribution >= 0.6 is 0 Å². The fourth-order valence-corrected chi connectivity index (χ4v) is 2.96. The fourth-order valence-electron chi connectivity index (χ4n) is 1.46. The first-order valence-corrected chi connectivity index (χ1v) is 7.28. The van der Waals surface area contributed by atoms with Crippen molar-refractivity contribution in [2.45, 2.75) is 31.6 Å². The van der Waals surface area contributed by atoms with Crippen LogP contribution in [0.1, 0.15) is 26.7 Å². The van der Waals surface area contributed by atoms with Gasteiger partial charge in [-0.15, -0.1) is 0 Å². The molecule has 0 radical (unpaired) electrons. The maximum atomic E-state index is 12.0. The largest absolute Gasteiger partial charge is 0.325 e. The fraction of sp³-hybridized carbons (Fsp3) is 0.417. The number of hydrogen-bond donors (Lipinski definition) is 1. The average Bonchev–Trinajstić information content (AvgIpc) is 2.29. The van der Waals surface area contributed by atoms with Gasteiger partial charge in [-0.3, -0.25) is 4.79 Å². The van der Waals surface area contributed by atoms with Gasteiger partial charge in [-0.05, 0) is 18.6 Å². The normalized spacial score (nSPS) is 11.2. The van der Waals surface area contributed by atoms with Crippen molar-refractivity contribution in [1.29, 1.82) is 0 Å². The van der Waals surface area contributed by atoms with Gasteiger partial charge in [0, 0.05) is 6.42 Å². The Morgan fingerprint density at radius 3 is 2.47 bits per heavy atom. The quantitative estimate of drug-likeness (QED) is 0.877. The SMILES string of the molecule is CCCS(=O)(=O)c1ccccc1NC(=O)CC. The summed E-state index contributed by atoms with van der Waals surface area (Å²) in [6, 6.07) is 6.49. The van der Waals surface area contributed by atoms with Gasteiger partial charge in [0.2, 0.25) is 5.91 Å². The zero-order valence-electron chi connectivity index (χ0n) is 10.1. The van der Waals surface area contributed by atoms with Gasteiger partial charge in [-0.1, -0.05) is 26.0 Å². The van der Waals surface area contributed by atoms with Crippen LogP contribution in [0.5, 0.6) is 0 Å². The lowest BCUT2D eigenvalue weighted by Crippen LogP contribution is -2.14. The smallest absolute Gasteiger partial charge is 0.224 e. The molecule has 1 rings (SSSR count). The minimum Gasteiger partial charge on any atom is -0.325 e. The molecule has 0 fully saturated rings. The first-order chi connectivity index (χ1) is 8.01. The molecule has 0 aromatic heterocycles. The molecule has 0 spiro atoms. The van der Waals surface area contributed by atoms with Crippen molar-refractivity contribution in [2.75, 3.05) is 11.1 Å². The number of nitrogens with one attached hydrogen (secondary N) is 1. The van der Waals surface area contributed by atoms with E-state index >= 15 is 0 Å². The Morgan fingerprint density at radius 1 is 1.24 bits per heavy atom. The Bertz CT molecular complexity index is 494. The van der Waals surface area contributed by atoms with Gasteiger partial charge in [0.25, 0.3) is 0 Å². The monoisotopic (exact) mass is 255 g/mol. The zero-order chi connectivity index (χ0) is 12.9. The van der Waals surface area contributed by atoms with Crippen LogP contribution in [0.3, 0.4) is 0 Å². The molecule has 0 bridgehead atoms. The van der Waals surface area contributed by atoms with Gasteiger partial charge >= 0.3 is 0 Å². The van der Waals surface area contributed by atoms with Gasteiger partial charge in [0.1, 0.15) is 0 Å². The Hall–Kier alpha value is -1.36. The topological polar surface area (TPSA) is 63.2 Å². The maximum Gasteiger partial charge on any atom is 0.224 e. The first-order valence-electron chi connectivity index (χ1n) is 5.63. The van der Waals surface area contributed by atoms with Gasteiger partial charge in [-0.25, -0.2) is 8.42 Å². The number of hydrogen-bond acceptors (Lipinski definition) is 3. The van der Waals surface area contributed by atoms with Crippen molar-refractivity contribution in [2.24, 2.45) is 0 Å². The van der Waals surface area contributed by atoms with E-state index in [-0.39, 0.29) is 16.6 Å². The molecular weight excluding hydrogens is 238 g/mol. The summed E-state index contributed by atoms with van der Waals surface area (Å²) < 4.78 is 23.9. The first kappa shape index (κ1) is 13.7. The number of rotatable bonds is 5. The highest BCUT2D eigenvalue weighted by Crippen LogP contribution is 2.22. The van der Waals surface area contributed by atoms with E-state index in [0.717, 1.165) is 0 Å². The lowest BCUT2D eigenvalue weighted by atomic mass is 10.3. The Balaban J connectivity index is 3.12. The molecule has 0 atom stereocenters. The summed E-state index contributed by atoms with van der Waals surface area (Å²) in [7, 11) is -3.31. The van der Waals surface area contributed by atoms with Crippen LogP contribution in [0.15, 0.2) is 29.2 Å². The molecule has 1 aromatic rings. The lowest BCUT2D eigenvalue weighted by Gasteiger charge is -2.10. The maximum absolute atomic E-state index is 12.0. The molecule has 0 aliphatic heterocycles. The minimum absolute atomic E-state index is 0.0893. The molecular formula is C12H17NO3S. The van der Waals surface area contributed by atoms with Gasteiger partial charge in [-0.2, -0.15) is 0 Å². The third kappa shape index (κ3) is 3.56. The zero-order valence-corrected chi connectivity index (χ0v) is 10.9. The third-order valence-electron chi connectivity index (χ3n) is 2.29. The van der Waals surface area contributed by atoms with E-state index in [1.165, 1.54) is 6.07 Å². The summed E-state index contributed by atoms with van der Waals surface area (Å²) in [5.41, 5.74) is 0.368. The van der Waals surface area contributed by atoms with Crippen LogP contribution < -0.4 is 5.32 Å². The van der Waals surface area contributed by atoms with Crippen molar-refractivity contribution < 1.29 is 13.2 Å². The van der Waals surface area contributed by atoms with Crippen molar-refractivity contribution in [3.8, 4) is 0 Å². The highest BCUT2D eigenvalue weighted by Gasteiger charge is 2.17. The number of benzene rings is 1. The van der Waals surface area contributed by atoms with Crippen molar-refractivity contribution >= 4 is 21.4 Å². The van der Waals surface area contributed by atoms with E-state index in [2.05, 4.69) is 5.32 Å². The van der Waals surface area contributed by atoms with E-state index in [9.17, 15) is 13.2 Å². The van der Waals surface area contributed by atoms with Gasteiger partial charge in [0.15, 0.2) is 9.84 Å². The van der Waals surface area contributed by atoms with Crippen molar-refractivity contribution in [1.82, 2.24) is 0 Å². The van der Waals surface area contributed by atoms with E-state index < -0.39 is 9.84 Å². The minimum atomic E-state index is -3.31. The van der Waals surface area contributed by atoms with E-state index in [1.807, 2.05) is 6.92 Å². The van der Waals surface area contributed by atoms with Crippen molar-refractivity contribution in [3.05, 3.63) is 24.3 Å². The summed E-state index contributed by atoms with van der Waals surface area (Å²) in [5.74, 6) is -0.101. The molecule has 5 heteroatoms. The predicted octanol–water partition coefficient (Wildman–Crippen LogP) is 2.22. The van der Waals surface area contributed by atoms with Crippen LogP contribution in [-0.4, -0.2) is 20.1 Å². The summed E-state index contributed by atoms with van der Waals surface area (Å²) in [4.78, 5) is 11.5. The summed E-state index contributed by atoms with van der Waals surface area (Å²) in [5, 5.41) is 2.61. The molecule has 17 heavy (non-hydrogen) atoms. The average molecular weight is 255 g/mol. The number of amides is 1. The van der Waals surface area contributed by atoms with E-state index in [4.69, 9.17) is 0 Å². The molecule has 0 saturated heterocycles. The summed E-state index contributed by atoms with van der Waals surface area (Å²) in [6.45, 7) is 3.53. The molecule has 1 N–H and O–H groups in total. The number of anilines is 1. The molecule has 94 valence electrons. The number of sulfone groups is 1. The second-order valence-electron chi connectivity index (χ2n) is 3.72. The molecule has 0 aliphatic carbocycles. The lowest BCUT2D eigenvalue weighted by molar-refractivity contribution is -0.115. The van der Waals surface area contributed by atoms with Gasteiger partial charge in [0.05, 0.1) is 16.3 Å². The molecule has 0 unspecified atom stereocenters. The standard InChI is InChI=1S/C12H17NO3S/c1-3-9-17(15,16)11-8-6-5-7-10(11)13-12(14)4-2/h5-8H,3-4,9H2,1-2H3,(H,13,14). The second kappa shape index (κ2) is 5.82. The molecule has 1 aromatic carbocycles. The Kier molecular flexibility index (Phi) is 4.69. The summed E-state index contributed by atoms with van der Waals surface area (Å²) in [6.07, 6.45) is 0.876. The second-order valence-corrected chi connectivity index (χ2v) is 5.79. The van der Waals surface area contributed by atoms with Crippen LogP contribution in [0, 0.1) is 0 Å². The van der Waals surface area contributed by atoms with E-state index in [1.54, 1.807) is 25.1 Å². The van der Waals surface area contributed by atoms with E-state index in [0.29, 0.717) is 18.5 Å². The van der Waals surface area contributed by atoms with Gasteiger partial charge < -0.3 is 5.32 Å². The molecule has 1 amide bonds. The number of carbonyl (C=O) groups is 1.